The van der Waals surface area contributed by atoms with Crippen LogP contribution in [0.15, 0.2) is 12.3 Å². The molecule has 1 unspecified atom stereocenters. The van der Waals surface area contributed by atoms with E-state index >= 15 is 0 Å². The highest BCUT2D eigenvalue weighted by atomic mass is 32.2. The molecule has 0 aliphatic carbocycles. The summed E-state index contributed by atoms with van der Waals surface area (Å²) in [5.41, 5.74) is 0. The van der Waals surface area contributed by atoms with E-state index in [4.69, 9.17) is 9.66 Å². The summed E-state index contributed by atoms with van der Waals surface area (Å²) in [6.07, 6.45) is 3.79. The lowest BCUT2D eigenvalue weighted by molar-refractivity contribution is 0.470. The quantitative estimate of drug-likeness (QED) is 0.358. The van der Waals surface area contributed by atoms with Gasteiger partial charge in [0.1, 0.15) is 0 Å². The number of hydrogen-bond donors (Lipinski definition) is 2. The number of allylic oxidation sites excluding steroid dienone is 1. The lowest BCUT2D eigenvalue weighted by Gasteiger charge is -1.88. The summed E-state index contributed by atoms with van der Waals surface area (Å²) in [5, 5.41) is 8.11. The highest BCUT2D eigenvalue weighted by molar-refractivity contribution is 7.79. The minimum atomic E-state index is -1.68. The smallest absolute Gasteiger partial charge is 0.152 e. The third-order valence-electron chi connectivity index (χ3n) is 0.795. The van der Waals surface area contributed by atoms with E-state index in [1.165, 1.54) is 0 Å². The van der Waals surface area contributed by atoms with Crippen LogP contribution in [0.25, 0.3) is 0 Å². The van der Waals surface area contributed by atoms with Gasteiger partial charge in [0, 0.05) is 5.75 Å². The summed E-state index contributed by atoms with van der Waals surface area (Å²) in [7, 11) is 0. The predicted octanol–water partition coefficient (Wildman–Crippen LogP) is 1.06. The molecule has 0 radical (unpaired) electrons. The maximum atomic E-state index is 9.99. The summed E-state index contributed by atoms with van der Waals surface area (Å²) < 4.78 is 18.2. The second-order valence-corrected chi connectivity index (χ2v) is 2.60. The standard InChI is InChI=1S/C5H10O3S/c6-4-2-1-3-5-9(7)8/h2,4,6H,1,3,5H2,(H,7,8). The van der Waals surface area contributed by atoms with Crippen LogP contribution in [-0.2, 0) is 11.1 Å². The van der Waals surface area contributed by atoms with Crippen molar-refractivity contribution in [2.24, 2.45) is 0 Å². The van der Waals surface area contributed by atoms with Crippen molar-refractivity contribution >= 4 is 11.1 Å². The van der Waals surface area contributed by atoms with E-state index in [2.05, 4.69) is 0 Å². The zero-order valence-electron chi connectivity index (χ0n) is 4.99. The number of rotatable bonds is 4. The Bertz CT molecular complexity index is 111. The average Bonchev–Trinajstić information content (AvgIpc) is 1.80. The van der Waals surface area contributed by atoms with Crippen LogP contribution < -0.4 is 0 Å². The van der Waals surface area contributed by atoms with E-state index in [1.54, 1.807) is 6.08 Å². The topological polar surface area (TPSA) is 57.5 Å². The van der Waals surface area contributed by atoms with Gasteiger partial charge in [0.05, 0.1) is 6.26 Å². The Hall–Kier alpha value is -0.350. The Kier molecular flexibility index (Phi) is 5.56. The van der Waals surface area contributed by atoms with Gasteiger partial charge in [0.15, 0.2) is 11.1 Å². The Balaban J connectivity index is 3.01. The second-order valence-electron chi connectivity index (χ2n) is 1.55. The molecule has 0 aliphatic heterocycles. The molecule has 4 heteroatoms. The fourth-order valence-electron chi connectivity index (χ4n) is 0.399. The number of aliphatic hydroxyl groups is 1. The molecule has 0 rings (SSSR count). The zero-order valence-corrected chi connectivity index (χ0v) is 5.80. The van der Waals surface area contributed by atoms with E-state index < -0.39 is 11.1 Å². The monoisotopic (exact) mass is 150 g/mol. The van der Waals surface area contributed by atoms with E-state index in [9.17, 15) is 4.21 Å². The van der Waals surface area contributed by atoms with E-state index in [1.807, 2.05) is 0 Å². The summed E-state index contributed by atoms with van der Waals surface area (Å²) in [6, 6.07) is 0. The van der Waals surface area contributed by atoms with Crippen molar-refractivity contribution in [2.45, 2.75) is 12.8 Å². The van der Waals surface area contributed by atoms with Crippen LogP contribution in [0.1, 0.15) is 12.8 Å². The number of aliphatic hydroxyl groups excluding tert-OH is 1. The van der Waals surface area contributed by atoms with Crippen molar-refractivity contribution in [3.8, 4) is 0 Å². The summed E-state index contributed by atoms with van der Waals surface area (Å²) in [5.74, 6) is 0.282. The van der Waals surface area contributed by atoms with Crippen molar-refractivity contribution in [1.29, 1.82) is 0 Å². The van der Waals surface area contributed by atoms with Crippen LogP contribution in [-0.4, -0.2) is 19.6 Å². The summed E-state index contributed by atoms with van der Waals surface area (Å²) >= 11 is -1.68. The first kappa shape index (κ1) is 8.65. The third-order valence-corrected chi connectivity index (χ3v) is 1.43. The lowest BCUT2D eigenvalue weighted by atomic mass is 10.3. The molecule has 9 heavy (non-hydrogen) atoms. The van der Waals surface area contributed by atoms with Gasteiger partial charge in [0.25, 0.3) is 0 Å². The highest BCUT2D eigenvalue weighted by Gasteiger charge is 1.89. The van der Waals surface area contributed by atoms with Gasteiger partial charge in [-0.15, -0.1) is 0 Å². The molecule has 0 fully saturated rings. The maximum absolute atomic E-state index is 9.99. The minimum absolute atomic E-state index is 0.282. The van der Waals surface area contributed by atoms with E-state index in [-0.39, 0.29) is 5.75 Å². The molecule has 0 aliphatic rings. The predicted molar refractivity (Wildman–Crippen MR) is 36.6 cm³/mol. The van der Waals surface area contributed by atoms with Crippen molar-refractivity contribution in [3.63, 3.8) is 0 Å². The minimum Gasteiger partial charge on any atom is -0.516 e. The molecule has 0 heterocycles. The van der Waals surface area contributed by atoms with Crippen LogP contribution in [0.2, 0.25) is 0 Å². The molecule has 3 nitrogen and oxygen atoms in total. The molecule has 0 amide bonds. The molecule has 0 bridgehead atoms. The molecule has 0 spiro atoms. The van der Waals surface area contributed by atoms with Crippen LogP contribution in [0.3, 0.4) is 0 Å². The van der Waals surface area contributed by atoms with E-state index in [0.717, 1.165) is 6.26 Å². The first-order valence-corrected chi connectivity index (χ1v) is 3.91. The molecule has 54 valence electrons. The van der Waals surface area contributed by atoms with Gasteiger partial charge in [-0.3, -0.25) is 0 Å². The van der Waals surface area contributed by atoms with Gasteiger partial charge in [0.2, 0.25) is 0 Å². The molecular weight excluding hydrogens is 140 g/mol. The fourth-order valence-corrected chi connectivity index (χ4v) is 0.813. The Labute approximate surface area is 56.7 Å². The molecule has 0 aromatic heterocycles. The second kappa shape index (κ2) is 5.78. The molecule has 0 saturated heterocycles. The number of hydrogen-bond acceptors (Lipinski definition) is 2. The lowest BCUT2D eigenvalue weighted by Crippen LogP contribution is -1.92. The van der Waals surface area contributed by atoms with Crippen molar-refractivity contribution < 1.29 is 13.9 Å². The molecule has 0 saturated carbocycles. The van der Waals surface area contributed by atoms with Gasteiger partial charge in [-0.2, -0.15) is 0 Å². The molecule has 2 N–H and O–H groups in total. The number of unbranched alkanes of at least 4 members (excludes halogenated alkanes) is 1. The Morgan fingerprint density at radius 2 is 2.22 bits per heavy atom. The van der Waals surface area contributed by atoms with Gasteiger partial charge in [-0.25, -0.2) is 4.21 Å². The van der Waals surface area contributed by atoms with Gasteiger partial charge >= 0.3 is 0 Å². The largest absolute Gasteiger partial charge is 0.516 e. The van der Waals surface area contributed by atoms with Gasteiger partial charge < -0.3 is 9.66 Å². The van der Waals surface area contributed by atoms with Gasteiger partial charge in [-0.05, 0) is 12.8 Å². The van der Waals surface area contributed by atoms with Crippen LogP contribution in [0.5, 0.6) is 0 Å². The van der Waals surface area contributed by atoms with Gasteiger partial charge in [-0.1, -0.05) is 6.08 Å². The summed E-state index contributed by atoms with van der Waals surface area (Å²) in [4.78, 5) is 0. The van der Waals surface area contributed by atoms with Crippen molar-refractivity contribution in [1.82, 2.24) is 0 Å². The molecule has 0 aromatic rings. The van der Waals surface area contributed by atoms with Crippen LogP contribution >= 0.6 is 0 Å². The Morgan fingerprint density at radius 1 is 1.56 bits per heavy atom. The maximum Gasteiger partial charge on any atom is 0.152 e. The SMILES string of the molecule is O=S(O)CCCC=CO. The molecule has 1 atom stereocenters. The Morgan fingerprint density at radius 3 is 2.67 bits per heavy atom. The highest BCUT2D eigenvalue weighted by Crippen LogP contribution is 1.91. The van der Waals surface area contributed by atoms with Crippen LogP contribution in [0.4, 0.5) is 0 Å². The fraction of sp³-hybridized carbons (Fsp3) is 0.600. The molecule has 0 aromatic carbocycles. The first-order valence-electron chi connectivity index (χ1n) is 2.64. The average molecular weight is 150 g/mol. The zero-order chi connectivity index (χ0) is 7.11. The van der Waals surface area contributed by atoms with Crippen LogP contribution in [0, 0.1) is 0 Å². The molecular formula is C5H10O3S. The first-order chi connectivity index (χ1) is 4.27. The van der Waals surface area contributed by atoms with E-state index in [0.29, 0.717) is 12.8 Å². The van der Waals surface area contributed by atoms with Crippen molar-refractivity contribution in [2.75, 3.05) is 5.75 Å². The third kappa shape index (κ3) is 7.65. The van der Waals surface area contributed by atoms with Crippen molar-refractivity contribution in [3.05, 3.63) is 12.3 Å². The normalized spacial score (nSPS) is 14.3. The summed E-state index contributed by atoms with van der Waals surface area (Å²) in [6.45, 7) is 0.